The van der Waals surface area contributed by atoms with Crippen molar-refractivity contribution in [1.82, 2.24) is 19.6 Å². The number of hydrogen-bond donors (Lipinski definition) is 1. The molecule has 2 aromatic heterocycles. The van der Waals surface area contributed by atoms with Crippen molar-refractivity contribution in [1.29, 1.82) is 0 Å². The van der Waals surface area contributed by atoms with Crippen LogP contribution >= 0.6 is 45.8 Å². The number of aromatic nitrogens is 4. The summed E-state index contributed by atoms with van der Waals surface area (Å²) in [5.74, 6) is -0.444. The molecule has 0 saturated heterocycles. The number of rotatable bonds is 6. The van der Waals surface area contributed by atoms with Gasteiger partial charge < -0.3 is 5.32 Å². The van der Waals surface area contributed by atoms with Crippen molar-refractivity contribution in [3.8, 4) is 0 Å². The Morgan fingerprint density at radius 3 is 2.78 bits per heavy atom. The van der Waals surface area contributed by atoms with Crippen molar-refractivity contribution in [2.24, 2.45) is 0 Å². The molecule has 1 N–H and O–H groups in total. The zero-order valence-corrected chi connectivity index (χ0v) is 17.9. The quantitative estimate of drug-likeness (QED) is 0.485. The van der Waals surface area contributed by atoms with Gasteiger partial charge in [0.2, 0.25) is 5.91 Å². The van der Waals surface area contributed by atoms with Gasteiger partial charge in [0, 0.05) is 28.9 Å². The summed E-state index contributed by atoms with van der Waals surface area (Å²) < 4.78 is 18.2. The molecule has 0 bridgehead atoms. The van der Waals surface area contributed by atoms with E-state index in [1.807, 2.05) is 6.92 Å². The first-order valence-electron chi connectivity index (χ1n) is 7.98. The molecule has 0 fully saturated rings. The molecule has 142 valence electrons. The Hall–Kier alpha value is -1.65. The summed E-state index contributed by atoms with van der Waals surface area (Å²) in [6, 6.07) is 4.46. The summed E-state index contributed by atoms with van der Waals surface area (Å²) in [5.41, 5.74) is 1.31. The van der Waals surface area contributed by atoms with Crippen LogP contribution in [-0.2, 0) is 17.9 Å². The first-order chi connectivity index (χ1) is 12.8. The fraction of sp³-hybridized carbons (Fsp3) is 0.235. The molecule has 0 saturated carbocycles. The lowest BCUT2D eigenvalue weighted by Gasteiger charge is -2.06. The van der Waals surface area contributed by atoms with E-state index in [9.17, 15) is 9.18 Å². The molecular formula is C17H15Cl2FIN5O. The van der Waals surface area contributed by atoms with E-state index < -0.39 is 5.82 Å². The minimum atomic E-state index is -0.427. The summed E-state index contributed by atoms with van der Waals surface area (Å²) >= 11 is 14.4. The third-order valence-corrected chi connectivity index (χ3v) is 5.64. The van der Waals surface area contributed by atoms with Gasteiger partial charge in [0.25, 0.3) is 0 Å². The number of nitrogens with one attached hydrogen (secondary N) is 1. The molecule has 1 aromatic carbocycles. The first-order valence-corrected chi connectivity index (χ1v) is 9.82. The van der Waals surface area contributed by atoms with Gasteiger partial charge in [-0.3, -0.25) is 14.2 Å². The molecule has 0 radical (unpaired) electrons. The number of aryl methyl sites for hydroxylation is 1. The van der Waals surface area contributed by atoms with Crippen LogP contribution in [0.1, 0.15) is 17.7 Å². The van der Waals surface area contributed by atoms with Crippen molar-refractivity contribution in [3.63, 3.8) is 0 Å². The summed E-state index contributed by atoms with van der Waals surface area (Å²) in [5, 5.41) is 11.7. The van der Waals surface area contributed by atoms with Gasteiger partial charge in [-0.15, -0.1) is 0 Å². The summed E-state index contributed by atoms with van der Waals surface area (Å²) in [4.78, 5) is 12.2. The Morgan fingerprint density at radius 2 is 2.11 bits per heavy atom. The standard InChI is InChI=1S/C17H15Cl2FIN5O/c1-10-15(21)7-22-26(10)6-5-16(27)23-17-13(19)9-25(24-17)8-11-12(18)3-2-4-14(11)20/h2-4,7,9H,5-6,8H2,1H3,(H,23,24,27). The number of carbonyl (C=O) groups excluding carboxylic acids is 1. The van der Waals surface area contributed by atoms with E-state index >= 15 is 0 Å². The van der Waals surface area contributed by atoms with Crippen molar-refractivity contribution in [2.45, 2.75) is 26.4 Å². The SMILES string of the molecule is Cc1c(I)cnn1CCC(=O)Nc1nn(Cc2c(F)cccc2Cl)cc1Cl. The van der Waals surface area contributed by atoms with E-state index in [4.69, 9.17) is 23.2 Å². The summed E-state index contributed by atoms with van der Waals surface area (Å²) in [6.45, 7) is 2.49. The first kappa shape index (κ1) is 20.1. The average molecular weight is 522 g/mol. The number of halogens is 4. The van der Waals surface area contributed by atoms with Gasteiger partial charge in [-0.2, -0.15) is 10.2 Å². The predicted octanol–water partition coefficient (Wildman–Crippen LogP) is 4.52. The molecule has 2 heterocycles. The highest BCUT2D eigenvalue weighted by Gasteiger charge is 2.14. The zero-order chi connectivity index (χ0) is 19.6. The molecular weight excluding hydrogens is 507 g/mol. The molecule has 0 spiro atoms. The van der Waals surface area contributed by atoms with Crippen LogP contribution in [0.25, 0.3) is 0 Å². The maximum absolute atomic E-state index is 13.9. The van der Waals surface area contributed by atoms with Gasteiger partial charge in [-0.25, -0.2) is 4.39 Å². The van der Waals surface area contributed by atoms with Gasteiger partial charge in [0.15, 0.2) is 5.82 Å². The van der Waals surface area contributed by atoms with Gasteiger partial charge in [-0.05, 0) is 41.6 Å². The number of anilines is 1. The van der Waals surface area contributed by atoms with Crippen molar-refractivity contribution >= 4 is 57.5 Å². The molecule has 0 aliphatic rings. The molecule has 6 nitrogen and oxygen atoms in total. The molecule has 27 heavy (non-hydrogen) atoms. The molecule has 0 atom stereocenters. The lowest BCUT2D eigenvalue weighted by Crippen LogP contribution is -2.16. The lowest BCUT2D eigenvalue weighted by molar-refractivity contribution is -0.116. The smallest absolute Gasteiger partial charge is 0.227 e. The number of nitrogens with zero attached hydrogens (tertiary/aromatic N) is 4. The molecule has 0 unspecified atom stereocenters. The van der Waals surface area contributed by atoms with Gasteiger partial charge >= 0.3 is 0 Å². The van der Waals surface area contributed by atoms with Gasteiger partial charge in [0.05, 0.1) is 22.9 Å². The van der Waals surface area contributed by atoms with E-state index in [0.29, 0.717) is 17.1 Å². The fourth-order valence-corrected chi connectivity index (χ4v) is 3.28. The van der Waals surface area contributed by atoms with Crippen molar-refractivity contribution in [3.05, 3.63) is 61.3 Å². The maximum atomic E-state index is 13.9. The minimum absolute atomic E-state index is 0.103. The van der Waals surface area contributed by atoms with Crippen LogP contribution in [-0.4, -0.2) is 25.5 Å². The van der Waals surface area contributed by atoms with E-state index in [1.165, 1.54) is 23.0 Å². The second-order valence-electron chi connectivity index (χ2n) is 5.82. The van der Waals surface area contributed by atoms with Crippen LogP contribution in [0, 0.1) is 16.3 Å². The van der Waals surface area contributed by atoms with Crippen LogP contribution < -0.4 is 5.32 Å². The Bertz CT molecular complexity index is 968. The number of hydrogen-bond acceptors (Lipinski definition) is 3. The molecule has 1 amide bonds. The Morgan fingerprint density at radius 1 is 1.33 bits per heavy atom. The predicted molar refractivity (Wildman–Crippen MR) is 111 cm³/mol. The largest absolute Gasteiger partial charge is 0.308 e. The monoisotopic (exact) mass is 521 g/mol. The number of carbonyl (C=O) groups is 1. The normalized spacial score (nSPS) is 11.0. The zero-order valence-electron chi connectivity index (χ0n) is 14.2. The lowest BCUT2D eigenvalue weighted by atomic mass is 10.2. The topological polar surface area (TPSA) is 64.7 Å². The summed E-state index contributed by atoms with van der Waals surface area (Å²) in [7, 11) is 0. The van der Waals surface area contributed by atoms with E-state index in [0.717, 1.165) is 9.26 Å². The van der Waals surface area contributed by atoms with Crippen LogP contribution in [0.3, 0.4) is 0 Å². The van der Waals surface area contributed by atoms with Gasteiger partial charge in [-0.1, -0.05) is 29.3 Å². The third-order valence-electron chi connectivity index (χ3n) is 3.95. The second-order valence-corrected chi connectivity index (χ2v) is 7.80. The van der Waals surface area contributed by atoms with Crippen LogP contribution in [0.5, 0.6) is 0 Å². The average Bonchev–Trinajstić information content (AvgIpc) is 3.12. The molecule has 0 aliphatic carbocycles. The third kappa shape index (κ3) is 4.80. The highest BCUT2D eigenvalue weighted by atomic mass is 127. The van der Waals surface area contributed by atoms with Crippen molar-refractivity contribution in [2.75, 3.05) is 5.32 Å². The van der Waals surface area contributed by atoms with Crippen LogP contribution in [0.4, 0.5) is 10.2 Å². The molecule has 3 rings (SSSR count). The summed E-state index contributed by atoms with van der Waals surface area (Å²) in [6.07, 6.45) is 3.49. The van der Waals surface area contributed by atoms with Crippen molar-refractivity contribution < 1.29 is 9.18 Å². The Labute approximate surface area is 178 Å². The molecule has 3 aromatic rings. The van der Waals surface area contributed by atoms with E-state index in [1.54, 1.807) is 16.9 Å². The van der Waals surface area contributed by atoms with Crippen LogP contribution in [0.2, 0.25) is 10.0 Å². The molecule has 10 heteroatoms. The number of benzene rings is 1. The Balaban J connectivity index is 1.64. The Kier molecular flexibility index (Phi) is 6.38. The highest BCUT2D eigenvalue weighted by Crippen LogP contribution is 2.24. The van der Waals surface area contributed by atoms with E-state index in [-0.39, 0.29) is 29.7 Å². The highest BCUT2D eigenvalue weighted by molar-refractivity contribution is 14.1. The second kappa shape index (κ2) is 8.57. The fourth-order valence-electron chi connectivity index (χ4n) is 2.46. The number of amides is 1. The molecule has 0 aliphatic heterocycles. The maximum Gasteiger partial charge on any atom is 0.227 e. The van der Waals surface area contributed by atoms with Gasteiger partial charge in [0.1, 0.15) is 10.8 Å². The van der Waals surface area contributed by atoms with E-state index in [2.05, 4.69) is 38.1 Å². The minimum Gasteiger partial charge on any atom is -0.308 e. The van der Waals surface area contributed by atoms with Crippen LogP contribution in [0.15, 0.2) is 30.6 Å².